The molecule has 0 fully saturated rings. The SMILES string of the molecule is CC(=O)NCSC[C@@H](NC(=O)OC(C)(C)C)C(C)=O. The number of carbonyl (C=O) groups excluding carboxylic acids is 3. The summed E-state index contributed by atoms with van der Waals surface area (Å²) < 4.78 is 5.08. The van der Waals surface area contributed by atoms with Crippen LogP contribution in [0.5, 0.6) is 0 Å². The molecule has 0 heterocycles. The van der Waals surface area contributed by atoms with Crippen LogP contribution >= 0.6 is 11.8 Å². The molecule has 110 valence electrons. The molecule has 2 N–H and O–H groups in total. The predicted molar refractivity (Wildman–Crippen MR) is 75.0 cm³/mol. The number of alkyl carbamates (subject to hydrolysis) is 1. The second kappa shape index (κ2) is 8.04. The van der Waals surface area contributed by atoms with Gasteiger partial charge in [0.05, 0.1) is 11.9 Å². The summed E-state index contributed by atoms with van der Waals surface area (Å²) in [6.45, 7) is 8.08. The Morgan fingerprint density at radius 2 is 1.79 bits per heavy atom. The van der Waals surface area contributed by atoms with Crippen molar-refractivity contribution in [2.75, 3.05) is 11.6 Å². The maximum absolute atomic E-state index is 11.5. The maximum Gasteiger partial charge on any atom is 0.408 e. The van der Waals surface area contributed by atoms with Crippen LogP contribution in [0.4, 0.5) is 4.79 Å². The van der Waals surface area contributed by atoms with Crippen molar-refractivity contribution in [1.29, 1.82) is 0 Å². The Labute approximate surface area is 118 Å². The summed E-state index contributed by atoms with van der Waals surface area (Å²) in [6, 6.07) is -0.617. The number of hydrogen-bond acceptors (Lipinski definition) is 5. The predicted octanol–water partition coefficient (Wildman–Crippen LogP) is 1.30. The van der Waals surface area contributed by atoms with E-state index in [1.165, 1.54) is 25.6 Å². The zero-order valence-corrected chi connectivity index (χ0v) is 12.8. The lowest BCUT2D eigenvalue weighted by Crippen LogP contribution is -2.44. The van der Waals surface area contributed by atoms with Crippen molar-refractivity contribution in [3.63, 3.8) is 0 Å². The third kappa shape index (κ3) is 10.4. The highest BCUT2D eigenvalue weighted by atomic mass is 32.2. The van der Waals surface area contributed by atoms with Gasteiger partial charge in [0.15, 0.2) is 5.78 Å². The van der Waals surface area contributed by atoms with E-state index in [-0.39, 0.29) is 11.7 Å². The second-order valence-corrected chi connectivity index (χ2v) is 6.09. The molecule has 0 spiro atoms. The van der Waals surface area contributed by atoms with Gasteiger partial charge in [-0.1, -0.05) is 0 Å². The molecular formula is C12H22N2O4S. The first kappa shape index (κ1) is 17.8. The first-order valence-electron chi connectivity index (χ1n) is 5.94. The number of rotatable bonds is 6. The zero-order chi connectivity index (χ0) is 15.1. The molecular weight excluding hydrogens is 268 g/mol. The Kier molecular flexibility index (Phi) is 7.51. The molecule has 0 aliphatic heterocycles. The molecule has 0 aromatic carbocycles. The van der Waals surface area contributed by atoms with E-state index in [4.69, 9.17) is 4.74 Å². The van der Waals surface area contributed by atoms with Gasteiger partial charge in [0.2, 0.25) is 5.91 Å². The molecule has 0 aliphatic rings. The molecule has 7 heteroatoms. The minimum absolute atomic E-state index is 0.132. The molecule has 0 saturated carbocycles. The van der Waals surface area contributed by atoms with Gasteiger partial charge in [-0.25, -0.2) is 4.79 Å². The van der Waals surface area contributed by atoms with E-state index in [2.05, 4.69) is 10.6 Å². The minimum atomic E-state index is -0.618. The van der Waals surface area contributed by atoms with Gasteiger partial charge in [0.1, 0.15) is 5.60 Å². The molecule has 0 saturated heterocycles. The quantitative estimate of drug-likeness (QED) is 0.569. The molecule has 19 heavy (non-hydrogen) atoms. The molecule has 0 unspecified atom stereocenters. The van der Waals surface area contributed by atoms with Crippen LogP contribution in [-0.2, 0) is 14.3 Å². The lowest BCUT2D eigenvalue weighted by molar-refractivity contribution is -0.119. The highest BCUT2D eigenvalue weighted by Crippen LogP contribution is 2.08. The molecule has 0 bridgehead atoms. The van der Waals surface area contributed by atoms with Crippen LogP contribution < -0.4 is 10.6 Å². The van der Waals surface area contributed by atoms with E-state index in [0.29, 0.717) is 11.6 Å². The van der Waals surface area contributed by atoms with Gasteiger partial charge in [0, 0.05) is 12.7 Å². The van der Waals surface area contributed by atoms with Gasteiger partial charge in [-0.3, -0.25) is 9.59 Å². The zero-order valence-electron chi connectivity index (χ0n) is 12.0. The number of hydrogen-bond donors (Lipinski definition) is 2. The third-order valence-corrected chi connectivity index (χ3v) is 2.81. The number of ether oxygens (including phenoxy) is 1. The van der Waals surface area contributed by atoms with Gasteiger partial charge < -0.3 is 15.4 Å². The summed E-state index contributed by atoms with van der Waals surface area (Å²) in [7, 11) is 0. The second-order valence-electron chi connectivity index (χ2n) is 5.06. The monoisotopic (exact) mass is 290 g/mol. The van der Waals surface area contributed by atoms with E-state index in [1.807, 2.05) is 0 Å². The number of carbonyl (C=O) groups is 3. The first-order chi connectivity index (χ1) is 8.61. The highest BCUT2D eigenvalue weighted by Gasteiger charge is 2.21. The third-order valence-electron chi connectivity index (χ3n) is 1.89. The molecule has 6 nitrogen and oxygen atoms in total. The van der Waals surface area contributed by atoms with Gasteiger partial charge in [0.25, 0.3) is 0 Å². The van der Waals surface area contributed by atoms with Gasteiger partial charge >= 0.3 is 6.09 Å². The van der Waals surface area contributed by atoms with Gasteiger partial charge in [-0.15, -0.1) is 11.8 Å². The van der Waals surface area contributed by atoms with Crippen LogP contribution in [0.25, 0.3) is 0 Å². The Morgan fingerprint density at radius 1 is 1.21 bits per heavy atom. The largest absolute Gasteiger partial charge is 0.444 e. The summed E-state index contributed by atoms with van der Waals surface area (Å²) in [4.78, 5) is 33.6. The van der Waals surface area contributed by atoms with E-state index in [9.17, 15) is 14.4 Å². The highest BCUT2D eigenvalue weighted by molar-refractivity contribution is 7.99. The van der Waals surface area contributed by atoms with Crippen LogP contribution in [0.2, 0.25) is 0 Å². The Morgan fingerprint density at radius 3 is 2.21 bits per heavy atom. The number of ketones is 1. The fourth-order valence-corrected chi connectivity index (χ4v) is 2.02. The molecule has 1 atom stereocenters. The smallest absolute Gasteiger partial charge is 0.408 e. The normalized spacial score (nSPS) is 12.5. The molecule has 0 aromatic rings. The summed E-state index contributed by atoms with van der Waals surface area (Å²) in [5.41, 5.74) is -0.602. The maximum atomic E-state index is 11.5. The fraction of sp³-hybridized carbons (Fsp3) is 0.750. The Hall–Kier alpha value is -1.24. The van der Waals surface area contributed by atoms with E-state index >= 15 is 0 Å². The summed E-state index contributed by atoms with van der Waals surface area (Å²) >= 11 is 1.35. The first-order valence-corrected chi connectivity index (χ1v) is 7.09. The van der Waals surface area contributed by atoms with Crippen LogP contribution in [0.15, 0.2) is 0 Å². The van der Waals surface area contributed by atoms with Crippen LogP contribution in [0.1, 0.15) is 34.6 Å². The fourth-order valence-electron chi connectivity index (χ4n) is 1.04. The number of amides is 2. The van der Waals surface area contributed by atoms with Crippen LogP contribution in [0, 0.1) is 0 Å². The molecule has 0 rings (SSSR count). The average Bonchev–Trinajstić information content (AvgIpc) is 2.19. The summed E-state index contributed by atoms with van der Waals surface area (Å²) in [5, 5.41) is 5.12. The van der Waals surface area contributed by atoms with Gasteiger partial charge in [-0.05, 0) is 27.7 Å². The summed E-state index contributed by atoms with van der Waals surface area (Å²) in [5.74, 6) is 0.498. The van der Waals surface area contributed by atoms with Crippen molar-refractivity contribution in [3.05, 3.63) is 0 Å². The van der Waals surface area contributed by atoms with Gasteiger partial charge in [-0.2, -0.15) is 0 Å². The standard InChI is InChI=1S/C12H22N2O4S/c1-8(15)10(6-19-7-13-9(2)16)14-11(17)18-12(3,4)5/h10H,6-7H2,1-5H3,(H,13,16)(H,14,17)/t10-/m1/s1. The summed E-state index contributed by atoms with van der Waals surface area (Å²) in [6.07, 6.45) is -0.618. The lowest BCUT2D eigenvalue weighted by atomic mass is 10.2. The van der Waals surface area contributed by atoms with Crippen molar-refractivity contribution in [1.82, 2.24) is 10.6 Å². The van der Waals surface area contributed by atoms with Crippen molar-refractivity contribution in [2.45, 2.75) is 46.3 Å². The molecule has 0 radical (unpaired) electrons. The van der Waals surface area contributed by atoms with Crippen molar-refractivity contribution >= 4 is 29.5 Å². The van der Waals surface area contributed by atoms with Crippen LogP contribution in [-0.4, -0.2) is 41.1 Å². The topological polar surface area (TPSA) is 84.5 Å². The van der Waals surface area contributed by atoms with Crippen LogP contribution in [0.3, 0.4) is 0 Å². The molecule has 0 aromatic heterocycles. The van der Waals surface area contributed by atoms with E-state index < -0.39 is 17.7 Å². The number of nitrogens with one attached hydrogen (secondary N) is 2. The Bertz CT molecular complexity index is 339. The average molecular weight is 290 g/mol. The molecule has 2 amide bonds. The van der Waals surface area contributed by atoms with Crippen molar-refractivity contribution in [3.8, 4) is 0 Å². The van der Waals surface area contributed by atoms with E-state index in [1.54, 1.807) is 20.8 Å². The van der Waals surface area contributed by atoms with Crippen molar-refractivity contribution < 1.29 is 19.1 Å². The Balaban J connectivity index is 4.16. The molecule has 0 aliphatic carbocycles. The lowest BCUT2D eigenvalue weighted by Gasteiger charge is -2.22. The van der Waals surface area contributed by atoms with Crippen molar-refractivity contribution in [2.24, 2.45) is 0 Å². The minimum Gasteiger partial charge on any atom is -0.444 e. The number of Topliss-reactive ketones (excluding diaryl/α,β-unsaturated/α-hetero) is 1. The number of thioether (sulfide) groups is 1. The van der Waals surface area contributed by atoms with E-state index in [0.717, 1.165) is 0 Å².